The summed E-state index contributed by atoms with van der Waals surface area (Å²) in [5.74, 6) is 1.53. The van der Waals surface area contributed by atoms with Gasteiger partial charge in [0, 0.05) is 23.7 Å². The SMILES string of the molecule is CC(C)CNCc1cccnc1-n1ncc2ccccc21. The van der Waals surface area contributed by atoms with E-state index in [9.17, 15) is 0 Å². The van der Waals surface area contributed by atoms with Gasteiger partial charge < -0.3 is 5.32 Å². The minimum atomic E-state index is 0.635. The zero-order chi connectivity index (χ0) is 14.7. The van der Waals surface area contributed by atoms with Gasteiger partial charge in [0.25, 0.3) is 0 Å². The summed E-state index contributed by atoms with van der Waals surface area (Å²) in [7, 11) is 0. The quantitative estimate of drug-likeness (QED) is 0.780. The van der Waals surface area contributed by atoms with Gasteiger partial charge in [-0.1, -0.05) is 38.1 Å². The number of pyridine rings is 1. The molecule has 0 bridgehead atoms. The molecular weight excluding hydrogens is 260 g/mol. The molecule has 0 saturated carbocycles. The standard InChI is InChI=1S/C17H20N4/c1-13(2)10-18-11-15-7-5-9-19-17(15)21-16-8-4-3-6-14(16)12-20-21/h3-9,12-13,18H,10-11H2,1-2H3. The molecule has 0 saturated heterocycles. The predicted octanol–water partition coefficient (Wildman–Crippen LogP) is 3.17. The Morgan fingerprint density at radius 1 is 1.14 bits per heavy atom. The highest BCUT2D eigenvalue weighted by molar-refractivity contribution is 5.79. The minimum Gasteiger partial charge on any atom is -0.312 e. The molecule has 0 atom stereocenters. The van der Waals surface area contributed by atoms with Crippen molar-refractivity contribution >= 4 is 10.9 Å². The van der Waals surface area contributed by atoms with Gasteiger partial charge in [0.1, 0.15) is 0 Å². The Labute approximate surface area is 124 Å². The molecule has 0 aliphatic carbocycles. The molecule has 0 fully saturated rings. The molecule has 4 heteroatoms. The average Bonchev–Trinajstić information content (AvgIpc) is 2.91. The second-order valence-electron chi connectivity index (χ2n) is 5.63. The van der Waals surface area contributed by atoms with E-state index in [1.165, 1.54) is 0 Å². The average molecular weight is 280 g/mol. The van der Waals surface area contributed by atoms with Crippen LogP contribution in [0.15, 0.2) is 48.8 Å². The largest absolute Gasteiger partial charge is 0.312 e. The maximum absolute atomic E-state index is 4.53. The van der Waals surface area contributed by atoms with Crippen LogP contribution in [0.3, 0.4) is 0 Å². The van der Waals surface area contributed by atoms with Crippen LogP contribution < -0.4 is 5.32 Å². The first-order chi connectivity index (χ1) is 10.3. The van der Waals surface area contributed by atoms with Crippen LogP contribution in [0.5, 0.6) is 0 Å². The van der Waals surface area contributed by atoms with Crippen molar-refractivity contribution in [2.45, 2.75) is 20.4 Å². The number of hydrogen-bond donors (Lipinski definition) is 1. The van der Waals surface area contributed by atoms with E-state index in [1.54, 1.807) is 0 Å². The molecule has 0 aliphatic heterocycles. The minimum absolute atomic E-state index is 0.635. The normalized spacial score (nSPS) is 11.4. The Bertz CT molecular complexity index is 730. The first kappa shape index (κ1) is 13.8. The van der Waals surface area contributed by atoms with E-state index in [-0.39, 0.29) is 0 Å². The van der Waals surface area contributed by atoms with E-state index >= 15 is 0 Å². The number of nitrogens with zero attached hydrogens (tertiary/aromatic N) is 3. The Hall–Kier alpha value is -2.20. The van der Waals surface area contributed by atoms with Crippen molar-refractivity contribution in [1.82, 2.24) is 20.1 Å². The summed E-state index contributed by atoms with van der Waals surface area (Å²) in [5.41, 5.74) is 2.24. The van der Waals surface area contributed by atoms with Crippen molar-refractivity contribution in [3.05, 3.63) is 54.4 Å². The van der Waals surface area contributed by atoms with Crippen LogP contribution in [-0.2, 0) is 6.54 Å². The lowest BCUT2D eigenvalue weighted by Gasteiger charge is -2.11. The lowest BCUT2D eigenvalue weighted by Crippen LogP contribution is -2.20. The van der Waals surface area contributed by atoms with E-state index in [0.29, 0.717) is 5.92 Å². The Morgan fingerprint density at radius 3 is 2.86 bits per heavy atom. The molecule has 4 nitrogen and oxygen atoms in total. The molecule has 2 aromatic heterocycles. The van der Waals surface area contributed by atoms with Crippen molar-refractivity contribution < 1.29 is 0 Å². The molecule has 0 amide bonds. The van der Waals surface area contributed by atoms with Gasteiger partial charge in [0.15, 0.2) is 5.82 Å². The fraction of sp³-hybridized carbons (Fsp3) is 0.294. The molecule has 108 valence electrons. The van der Waals surface area contributed by atoms with Crippen LogP contribution in [0.4, 0.5) is 0 Å². The Morgan fingerprint density at radius 2 is 2.00 bits per heavy atom. The van der Waals surface area contributed by atoms with E-state index in [0.717, 1.165) is 35.4 Å². The molecular formula is C17H20N4. The lowest BCUT2D eigenvalue weighted by atomic mass is 10.2. The van der Waals surface area contributed by atoms with Crippen LogP contribution in [0.2, 0.25) is 0 Å². The third-order valence-electron chi connectivity index (χ3n) is 3.41. The molecule has 21 heavy (non-hydrogen) atoms. The molecule has 0 unspecified atom stereocenters. The van der Waals surface area contributed by atoms with E-state index < -0.39 is 0 Å². The molecule has 0 radical (unpaired) electrons. The fourth-order valence-corrected chi connectivity index (χ4v) is 2.39. The number of rotatable bonds is 5. The van der Waals surface area contributed by atoms with Gasteiger partial charge in [0.05, 0.1) is 11.7 Å². The molecule has 3 rings (SSSR count). The number of nitrogens with one attached hydrogen (secondary N) is 1. The Kier molecular flexibility index (Phi) is 3.97. The van der Waals surface area contributed by atoms with E-state index in [1.807, 2.05) is 35.3 Å². The summed E-state index contributed by atoms with van der Waals surface area (Å²) in [5, 5.41) is 9.10. The van der Waals surface area contributed by atoms with Gasteiger partial charge in [-0.15, -0.1) is 0 Å². The van der Waals surface area contributed by atoms with Crippen molar-refractivity contribution in [2.75, 3.05) is 6.54 Å². The predicted molar refractivity (Wildman–Crippen MR) is 85.4 cm³/mol. The van der Waals surface area contributed by atoms with Gasteiger partial charge in [0.2, 0.25) is 0 Å². The first-order valence-corrected chi connectivity index (χ1v) is 7.33. The van der Waals surface area contributed by atoms with Crippen LogP contribution in [0, 0.1) is 5.92 Å². The van der Waals surface area contributed by atoms with Gasteiger partial charge in [-0.25, -0.2) is 9.67 Å². The van der Waals surface area contributed by atoms with E-state index in [2.05, 4.69) is 47.4 Å². The number of aromatic nitrogens is 3. The van der Waals surface area contributed by atoms with Crippen LogP contribution in [-0.4, -0.2) is 21.3 Å². The number of fused-ring (bicyclic) bond motifs is 1. The summed E-state index contributed by atoms with van der Waals surface area (Å²) >= 11 is 0. The topological polar surface area (TPSA) is 42.7 Å². The maximum Gasteiger partial charge on any atom is 0.158 e. The molecule has 3 aromatic rings. The van der Waals surface area contributed by atoms with Crippen LogP contribution >= 0.6 is 0 Å². The fourth-order valence-electron chi connectivity index (χ4n) is 2.39. The third-order valence-corrected chi connectivity index (χ3v) is 3.41. The van der Waals surface area contributed by atoms with Gasteiger partial charge in [-0.05, 0) is 24.6 Å². The first-order valence-electron chi connectivity index (χ1n) is 7.33. The highest BCUT2D eigenvalue weighted by Gasteiger charge is 2.10. The highest BCUT2D eigenvalue weighted by Crippen LogP contribution is 2.19. The molecule has 1 N–H and O–H groups in total. The van der Waals surface area contributed by atoms with Crippen molar-refractivity contribution in [3.63, 3.8) is 0 Å². The third kappa shape index (κ3) is 2.95. The summed E-state index contributed by atoms with van der Waals surface area (Å²) in [6, 6.07) is 12.3. The summed E-state index contributed by atoms with van der Waals surface area (Å²) in [4.78, 5) is 4.53. The van der Waals surface area contributed by atoms with Crippen molar-refractivity contribution in [2.24, 2.45) is 5.92 Å². The number of para-hydroxylation sites is 1. The van der Waals surface area contributed by atoms with Crippen molar-refractivity contribution in [1.29, 1.82) is 0 Å². The zero-order valence-electron chi connectivity index (χ0n) is 12.5. The zero-order valence-corrected chi connectivity index (χ0v) is 12.5. The molecule has 1 aromatic carbocycles. The summed E-state index contributed by atoms with van der Waals surface area (Å²) in [6.07, 6.45) is 3.70. The summed E-state index contributed by atoms with van der Waals surface area (Å²) in [6.45, 7) is 6.21. The second kappa shape index (κ2) is 6.06. The smallest absolute Gasteiger partial charge is 0.158 e. The molecule has 0 spiro atoms. The Balaban J connectivity index is 1.95. The van der Waals surface area contributed by atoms with Gasteiger partial charge >= 0.3 is 0 Å². The lowest BCUT2D eigenvalue weighted by molar-refractivity contribution is 0.550. The maximum atomic E-state index is 4.53. The molecule has 2 heterocycles. The monoisotopic (exact) mass is 280 g/mol. The van der Waals surface area contributed by atoms with Crippen LogP contribution in [0.1, 0.15) is 19.4 Å². The van der Waals surface area contributed by atoms with E-state index in [4.69, 9.17) is 0 Å². The van der Waals surface area contributed by atoms with Gasteiger partial charge in [-0.2, -0.15) is 5.10 Å². The van der Waals surface area contributed by atoms with Crippen LogP contribution in [0.25, 0.3) is 16.7 Å². The number of benzene rings is 1. The van der Waals surface area contributed by atoms with Crippen molar-refractivity contribution in [3.8, 4) is 5.82 Å². The number of hydrogen-bond acceptors (Lipinski definition) is 3. The second-order valence-corrected chi connectivity index (χ2v) is 5.63. The summed E-state index contributed by atoms with van der Waals surface area (Å²) < 4.78 is 1.92. The highest BCUT2D eigenvalue weighted by atomic mass is 15.3. The molecule has 0 aliphatic rings. The van der Waals surface area contributed by atoms with Gasteiger partial charge in [-0.3, -0.25) is 0 Å².